The molecule has 3 N–H and O–H groups in total. The number of aryl methyl sites for hydroxylation is 1. The van der Waals surface area contributed by atoms with Crippen LogP contribution in [-0.4, -0.2) is 32.5 Å². The fourth-order valence-electron chi connectivity index (χ4n) is 2.66. The summed E-state index contributed by atoms with van der Waals surface area (Å²) in [6, 6.07) is 7.92. The molecule has 0 saturated heterocycles. The Morgan fingerprint density at radius 2 is 1.81 bits per heavy atom. The summed E-state index contributed by atoms with van der Waals surface area (Å²) in [6.45, 7) is 2.94. The Balaban J connectivity index is 2.00. The summed E-state index contributed by atoms with van der Waals surface area (Å²) in [6.07, 6.45) is 1.52. The SMILES string of the molecule is CC(=O)NNC(=O)c1c(Cl)ccc(C)c1NC(=O)c1cc(Br)nn1-c1ncccc1Cl. The van der Waals surface area contributed by atoms with Gasteiger partial charge in [0.05, 0.1) is 21.3 Å². The van der Waals surface area contributed by atoms with E-state index >= 15 is 0 Å². The van der Waals surface area contributed by atoms with Gasteiger partial charge in [0, 0.05) is 19.2 Å². The Bertz CT molecular complexity index is 1200. The number of nitrogens with zero attached hydrogens (tertiary/aromatic N) is 3. The lowest BCUT2D eigenvalue weighted by atomic mass is 10.1. The monoisotopic (exact) mass is 524 g/mol. The first-order valence-corrected chi connectivity index (χ1v) is 10.3. The molecule has 12 heteroatoms. The molecular formula is C19H15BrCl2N6O3. The molecule has 0 atom stereocenters. The molecular weight excluding hydrogens is 511 g/mol. The van der Waals surface area contributed by atoms with Gasteiger partial charge in [0.15, 0.2) is 5.82 Å². The summed E-state index contributed by atoms with van der Waals surface area (Å²) in [5, 5.41) is 7.30. The zero-order valence-electron chi connectivity index (χ0n) is 16.2. The predicted molar refractivity (Wildman–Crippen MR) is 119 cm³/mol. The number of hydrogen-bond acceptors (Lipinski definition) is 5. The highest BCUT2D eigenvalue weighted by molar-refractivity contribution is 9.10. The van der Waals surface area contributed by atoms with Crippen LogP contribution in [-0.2, 0) is 4.79 Å². The van der Waals surface area contributed by atoms with Crippen LogP contribution in [0.2, 0.25) is 10.0 Å². The summed E-state index contributed by atoms with van der Waals surface area (Å²) in [7, 11) is 0. The fourth-order valence-corrected chi connectivity index (χ4v) is 3.48. The molecule has 1 aromatic carbocycles. The van der Waals surface area contributed by atoms with E-state index in [1.807, 2.05) is 0 Å². The lowest BCUT2D eigenvalue weighted by molar-refractivity contribution is -0.119. The van der Waals surface area contributed by atoms with Gasteiger partial charge in [0.2, 0.25) is 5.91 Å². The number of rotatable bonds is 4. The fraction of sp³-hybridized carbons (Fsp3) is 0.105. The number of anilines is 1. The number of benzene rings is 1. The Hall–Kier alpha value is -2.95. The van der Waals surface area contributed by atoms with E-state index < -0.39 is 17.7 Å². The minimum absolute atomic E-state index is 0.00948. The van der Waals surface area contributed by atoms with Crippen molar-refractivity contribution in [2.24, 2.45) is 0 Å². The Morgan fingerprint density at radius 1 is 1.06 bits per heavy atom. The zero-order chi connectivity index (χ0) is 22.7. The summed E-state index contributed by atoms with van der Waals surface area (Å²) >= 11 is 15.7. The summed E-state index contributed by atoms with van der Waals surface area (Å²) in [5.41, 5.74) is 5.29. The van der Waals surface area contributed by atoms with Crippen molar-refractivity contribution in [3.63, 3.8) is 0 Å². The smallest absolute Gasteiger partial charge is 0.274 e. The molecule has 160 valence electrons. The topological polar surface area (TPSA) is 118 Å². The van der Waals surface area contributed by atoms with Crippen molar-refractivity contribution >= 4 is 62.5 Å². The maximum Gasteiger partial charge on any atom is 0.274 e. The number of hydrazine groups is 1. The average Bonchev–Trinajstić information content (AvgIpc) is 3.11. The molecule has 0 aliphatic carbocycles. The molecule has 0 unspecified atom stereocenters. The highest BCUT2D eigenvalue weighted by atomic mass is 79.9. The van der Waals surface area contributed by atoms with Crippen LogP contribution in [0.1, 0.15) is 33.3 Å². The molecule has 0 bridgehead atoms. The van der Waals surface area contributed by atoms with E-state index in [2.05, 4.69) is 42.2 Å². The van der Waals surface area contributed by atoms with E-state index in [0.29, 0.717) is 15.2 Å². The Morgan fingerprint density at radius 3 is 2.48 bits per heavy atom. The van der Waals surface area contributed by atoms with Crippen LogP contribution in [0, 0.1) is 6.92 Å². The van der Waals surface area contributed by atoms with Gasteiger partial charge < -0.3 is 5.32 Å². The number of halogens is 3. The third-order valence-electron chi connectivity index (χ3n) is 4.03. The van der Waals surface area contributed by atoms with Crippen molar-refractivity contribution in [1.29, 1.82) is 0 Å². The minimum Gasteiger partial charge on any atom is -0.320 e. The van der Waals surface area contributed by atoms with Crippen LogP contribution in [0.3, 0.4) is 0 Å². The molecule has 3 aromatic rings. The molecule has 0 saturated carbocycles. The van der Waals surface area contributed by atoms with Crippen LogP contribution in [0.4, 0.5) is 5.69 Å². The van der Waals surface area contributed by atoms with E-state index in [0.717, 1.165) is 0 Å². The molecule has 0 fully saturated rings. The molecule has 9 nitrogen and oxygen atoms in total. The van der Waals surface area contributed by atoms with Crippen LogP contribution >= 0.6 is 39.1 Å². The number of carbonyl (C=O) groups is 3. The first-order chi connectivity index (χ1) is 14.7. The molecule has 0 radical (unpaired) electrons. The maximum absolute atomic E-state index is 13.1. The third kappa shape index (κ3) is 5.04. The number of carbonyl (C=O) groups excluding carboxylic acids is 3. The van der Waals surface area contributed by atoms with Gasteiger partial charge in [-0.2, -0.15) is 5.10 Å². The average molecular weight is 526 g/mol. The molecule has 2 heterocycles. The predicted octanol–water partition coefficient (Wildman–Crippen LogP) is 3.68. The van der Waals surface area contributed by atoms with E-state index in [-0.39, 0.29) is 27.8 Å². The molecule has 0 aliphatic rings. The number of nitrogens with one attached hydrogen (secondary N) is 3. The van der Waals surface area contributed by atoms with Crippen molar-refractivity contribution in [3.05, 3.63) is 68.0 Å². The summed E-state index contributed by atoms with van der Waals surface area (Å²) < 4.78 is 1.66. The zero-order valence-corrected chi connectivity index (χ0v) is 19.3. The Kier molecular flexibility index (Phi) is 6.94. The van der Waals surface area contributed by atoms with Gasteiger partial charge in [0.1, 0.15) is 10.3 Å². The third-order valence-corrected chi connectivity index (χ3v) is 5.03. The van der Waals surface area contributed by atoms with Crippen LogP contribution in [0.15, 0.2) is 41.1 Å². The number of pyridine rings is 1. The molecule has 3 amide bonds. The second-order valence-electron chi connectivity index (χ2n) is 6.28. The van der Waals surface area contributed by atoms with Crippen molar-refractivity contribution < 1.29 is 14.4 Å². The van der Waals surface area contributed by atoms with Gasteiger partial charge in [-0.15, -0.1) is 0 Å². The van der Waals surface area contributed by atoms with Gasteiger partial charge in [-0.05, 0) is 46.6 Å². The number of aromatic nitrogens is 3. The minimum atomic E-state index is -0.693. The largest absolute Gasteiger partial charge is 0.320 e. The van der Waals surface area contributed by atoms with Crippen LogP contribution < -0.4 is 16.2 Å². The van der Waals surface area contributed by atoms with Gasteiger partial charge in [-0.1, -0.05) is 29.3 Å². The quantitative estimate of drug-likeness (QED) is 0.449. The van der Waals surface area contributed by atoms with Gasteiger partial charge >= 0.3 is 0 Å². The first kappa shape index (κ1) is 22.7. The van der Waals surface area contributed by atoms with Crippen molar-refractivity contribution in [1.82, 2.24) is 25.6 Å². The molecule has 2 aromatic heterocycles. The van der Waals surface area contributed by atoms with Gasteiger partial charge in [-0.25, -0.2) is 9.67 Å². The van der Waals surface area contributed by atoms with Crippen LogP contribution in [0.5, 0.6) is 0 Å². The summed E-state index contributed by atoms with van der Waals surface area (Å²) in [4.78, 5) is 41.0. The van der Waals surface area contributed by atoms with E-state index in [4.69, 9.17) is 23.2 Å². The lowest BCUT2D eigenvalue weighted by Gasteiger charge is -2.16. The number of amides is 3. The first-order valence-electron chi connectivity index (χ1n) is 8.73. The van der Waals surface area contributed by atoms with Gasteiger partial charge in [0.25, 0.3) is 11.8 Å². The summed E-state index contributed by atoms with van der Waals surface area (Å²) in [5.74, 6) is -1.49. The number of hydrogen-bond donors (Lipinski definition) is 3. The second kappa shape index (κ2) is 9.46. The molecule has 0 aliphatic heterocycles. The highest BCUT2D eigenvalue weighted by Gasteiger charge is 2.23. The van der Waals surface area contributed by atoms with E-state index in [1.165, 1.54) is 29.9 Å². The van der Waals surface area contributed by atoms with Crippen molar-refractivity contribution in [2.75, 3.05) is 5.32 Å². The maximum atomic E-state index is 13.1. The van der Waals surface area contributed by atoms with Crippen molar-refractivity contribution in [3.8, 4) is 5.82 Å². The van der Waals surface area contributed by atoms with Crippen molar-refractivity contribution in [2.45, 2.75) is 13.8 Å². The Labute approximate surface area is 195 Å². The molecule has 0 spiro atoms. The molecule has 31 heavy (non-hydrogen) atoms. The standard InChI is InChI=1S/C19H15BrCl2N6O3/c1-9-5-6-11(21)15(19(31)26-25-10(2)29)16(9)24-18(30)13-8-14(20)27-28(13)17-12(22)4-3-7-23-17/h3-8H,1-2H3,(H,24,30)(H,25,29)(H,26,31). The highest BCUT2D eigenvalue weighted by Crippen LogP contribution is 2.29. The van der Waals surface area contributed by atoms with Gasteiger partial charge in [-0.3, -0.25) is 25.2 Å². The molecule has 3 rings (SSSR count). The second-order valence-corrected chi connectivity index (χ2v) is 7.90. The van der Waals surface area contributed by atoms with Crippen LogP contribution in [0.25, 0.3) is 5.82 Å². The van der Waals surface area contributed by atoms with E-state index in [9.17, 15) is 14.4 Å². The normalized spacial score (nSPS) is 10.5. The lowest BCUT2D eigenvalue weighted by Crippen LogP contribution is -2.40. The van der Waals surface area contributed by atoms with E-state index in [1.54, 1.807) is 25.1 Å².